The van der Waals surface area contributed by atoms with Gasteiger partial charge in [-0.1, -0.05) is 6.92 Å². The molecular weight excluding hydrogens is 274 g/mol. The van der Waals surface area contributed by atoms with E-state index < -0.39 is 18.5 Å². The van der Waals surface area contributed by atoms with Crippen molar-refractivity contribution in [1.29, 1.82) is 0 Å². The molecule has 0 atom stereocenters. The molecule has 2 rings (SSSR count). The van der Waals surface area contributed by atoms with Crippen LogP contribution in [0.3, 0.4) is 0 Å². The summed E-state index contributed by atoms with van der Waals surface area (Å²) in [5, 5.41) is 2.31. The number of nitrogens with zero attached hydrogens (tertiary/aromatic N) is 2. The molecule has 0 amide bonds. The molecule has 1 heterocycles. The highest BCUT2D eigenvalue weighted by atomic mass is 19.4. The van der Waals surface area contributed by atoms with Crippen LogP contribution in [0.2, 0.25) is 0 Å². The quantitative estimate of drug-likeness (QED) is 0.856. The zero-order valence-electron chi connectivity index (χ0n) is 11.0. The molecule has 0 unspecified atom stereocenters. The van der Waals surface area contributed by atoms with Crippen LogP contribution < -0.4 is 5.32 Å². The Hall–Kier alpha value is -1.63. The first kappa shape index (κ1) is 14.8. The number of fused-ring (bicyclic) bond motifs is 1. The molecule has 20 heavy (non-hydrogen) atoms. The second kappa shape index (κ2) is 5.78. The molecule has 2 aromatic rings. The Balaban J connectivity index is 2.24. The molecule has 0 bridgehead atoms. The monoisotopic (exact) mass is 289 g/mol. The Kier molecular flexibility index (Phi) is 4.27. The lowest BCUT2D eigenvalue weighted by Gasteiger charge is -2.10. The maximum atomic E-state index is 13.2. The molecule has 3 nitrogen and oxygen atoms in total. The second-order valence-corrected chi connectivity index (χ2v) is 4.53. The third-order valence-electron chi connectivity index (χ3n) is 2.85. The fourth-order valence-electron chi connectivity index (χ4n) is 2.08. The Morgan fingerprint density at radius 1 is 1.30 bits per heavy atom. The van der Waals surface area contributed by atoms with E-state index in [2.05, 4.69) is 10.3 Å². The molecule has 0 radical (unpaired) electrons. The van der Waals surface area contributed by atoms with Gasteiger partial charge in [-0.15, -0.1) is 0 Å². The van der Waals surface area contributed by atoms with Crippen molar-refractivity contribution < 1.29 is 17.6 Å². The zero-order chi connectivity index (χ0) is 14.8. The van der Waals surface area contributed by atoms with E-state index in [9.17, 15) is 17.6 Å². The van der Waals surface area contributed by atoms with Crippen molar-refractivity contribution in [3.63, 3.8) is 0 Å². The molecule has 1 N–H and O–H groups in total. The van der Waals surface area contributed by atoms with E-state index in [1.807, 2.05) is 11.5 Å². The minimum Gasteiger partial charge on any atom is -0.327 e. The summed E-state index contributed by atoms with van der Waals surface area (Å²) in [7, 11) is 0. The molecule has 0 spiro atoms. The van der Waals surface area contributed by atoms with Crippen LogP contribution in [0, 0.1) is 5.82 Å². The number of imidazole rings is 1. The molecule has 0 fully saturated rings. The maximum Gasteiger partial charge on any atom is 0.401 e. The standard InChI is InChI=1S/C13H15F4N3/c1-2-5-20-11-4-3-9(14)6-10(11)19-12(20)7-18-8-13(15,16)17/h3-4,6,18H,2,5,7-8H2,1H3. The van der Waals surface area contributed by atoms with Crippen molar-refractivity contribution in [2.45, 2.75) is 32.6 Å². The van der Waals surface area contributed by atoms with Crippen LogP contribution >= 0.6 is 0 Å². The zero-order valence-corrected chi connectivity index (χ0v) is 11.0. The number of hydrogen-bond donors (Lipinski definition) is 1. The number of aryl methyl sites for hydroxylation is 1. The van der Waals surface area contributed by atoms with Gasteiger partial charge in [-0.05, 0) is 18.6 Å². The van der Waals surface area contributed by atoms with Gasteiger partial charge in [0.1, 0.15) is 11.6 Å². The van der Waals surface area contributed by atoms with Crippen molar-refractivity contribution >= 4 is 11.0 Å². The van der Waals surface area contributed by atoms with E-state index in [4.69, 9.17) is 0 Å². The van der Waals surface area contributed by atoms with Crippen LogP contribution in [0.4, 0.5) is 17.6 Å². The molecule has 110 valence electrons. The van der Waals surface area contributed by atoms with Gasteiger partial charge in [-0.3, -0.25) is 0 Å². The number of hydrogen-bond acceptors (Lipinski definition) is 2. The first-order valence-electron chi connectivity index (χ1n) is 6.33. The molecule has 1 aromatic heterocycles. The average molecular weight is 289 g/mol. The summed E-state index contributed by atoms with van der Waals surface area (Å²) >= 11 is 0. The Morgan fingerprint density at radius 2 is 2.05 bits per heavy atom. The molecular formula is C13H15F4N3. The highest BCUT2D eigenvalue weighted by Crippen LogP contribution is 2.19. The van der Waals surface area contributed by atoms with Gasteiger partial charge >= 0.3 is 6.18 Å². The Bertz CT molecular complexity index is 589. The lowest BCUT2D eigenvalue weighted by atomic mass is 10.3. The van der Waals surface area contributed by atoms with Crippen molar-refractivity contribution in [3.05, 3.63) is 29.8 Å². The molecule has 1 aromatic carbocycles. The van der Waals surface area contributed by atoms with Gasteiger partial charge < -0.3 is 9.88 Å². The smallest absolute Gasteiger partial charge is 0.327 e. The van der Waals surface area contributed by atoms with Gasteiger partial charge in [0.15, 0.2) is 0 Å². The van der Waals surface area contributed by atoms with Crippen LogP contribution in [-0.2, 0) is 13.1 Å². The number of halogens is 4. The fraction of sp³-hybridized carbons (Fsp3) is 0.462. The van der Waals surface area contributed by atoms with Crippen molar-refractivity contribution in [2.24, 2.45) is 0 Å². The topological polar surface area (TPSA) is 29.9 Å². The highest BCUT2D eigenvalue weighted by molar-refractivity contribution is 5.76. The van der Waals surface area contributed by atoms with Crippen molar-refractivity contribution in [2.75, 3.05) is 6.54 Å². The van der Waals surface area contributed by atoms with E-state index >= 15 is 0 Å². The lowest BCUT2D eigenvalue weighted by Crippen LogP contribution is -2.29. The summed E-state index contributed by atoms with van der Waals surface area (Å²) in [6, 6.07) is 4.21. The third kappa shape index (κ3) is 3.47. The maximum absolute atomic E-state index is 13.2. The summed E-state index contributed by atoms with van der Waals surface area (Å²) in [6.07, 6.45) is -3.44. The first-order chi connectivity index (χ1) is 9.40. The lowest BCUT2D eigenvalue weighted by molar-refractivity contribution is -0.125. The average Bonchev–Trinajstić information content (AvgIpc) is 2.66. The molecule has 0 saturated carbocycles. The first-order valence-corrected chi connectivity index (χ1v) is 6.33. The normalized spacial score (nSPS) is 12.2. The van der Waals surface area contributed by atoms with Gasteiger partial charge in [-0.25, -0.2) is 9.37 Å². The highest BCUT2D eigenvalue weighted by Gasteiger charge is 2.26. The van der Waals surface area contributed by atoms with Crippen LogP contribution in [0.1, 0.15) is 19.2 Å². The van der Waals surface area contributed by atoms with Crippen molar-refractivity contribution in [3.8, 4) is 0 Å². The van der Waals surface area contributed by atoms with Gasteiger partial charge in [0.25, 0.3) is 0 Å². The van der Waals surface area contributed by atoms with Crippen LogP contribution in [0.15, 0.2) is 18.2 Å². The number of rotatable bonds is 5. The van der Waals surface area contributed by atoms with E-state index in [-0.39, 0.29) is 6.54 Å². The number of aromatic nitrogens is 2. The second-order valence-electron chi connectivity index (χ2n) is 4.53. The van der Waals surface area contributed by atoms with Crippen LogP contribution in [-0.4, -0.2) is 22.3 Å². The summed E-state index contributed by atoms with van der Waals surface area (Å²) in [5.74, 6) is 0.0742. The SMILES string of the molecule is CCCn1c(CNCC(F)(F)F)nc2cc(F)ccc21. The number of nitrogens with one attached hydrogen (secondary N) is 1. The summed E-state index contributed by atoms with van der Waals surface area (Å²) in [6.45, 7) is 1.51. The van der Waals surface area contributed by atoms with Gasteiger partial charge in [-0.2, -0.15) is 13.2 Å². The van der Waals surface area contributed by atoms with Gasteiger partial charge in [0.05, 0.1) is 24.1 Å². The molecule has 0 aliphatic rings. The van der Waals surface area contributed by atoms with Gasteiger partial charge in [0.2, 0.25) is 0 Å². The summed E-state index contributed by atoms with van der Waals surface area (Å²) in [4.78, 5) is 4.20. The Morgan fingerprint density at radius 3 is 2.70 bits per heavy atom. The fourth-order valence-corrected chi connectivity index (χ4v) is 2.08. The van der Waals surface area contributed by atoms with Gasteiger partial charge in [0, 0.05) is 12.6 Å². The Labute approximate surface area is 113 Å². The largest absolute Gasteiger partial charge is 0.401 e. The third-order valence-corrected chi connectivity index (χ3v) is 2.85. The number of benzene rings is 1. The predicted octanol–water partition coefficient (Wildman–Crippen LogP) is 3.24. The van der Waals surface area contributed by atoms with Crippen molar-refractivity contribution in [1.82, 2.24) is 14.9 Å². The molecule has 0 aliphatic heterocycles. The van der Waals surface area contributed by atoms with E-state index in [0.717, 1.165) is 11.9 Å². The van der Waals surface area contributed by atoms with Crippen LogP contribution in [0.5, 0.6) is 0 Å². The van der Waals surface area contributed by atoms with Crippen LogP contribution in [0.25, 0.3) is 11.0 Å². The minimum atomic E-state index is -4.26. The summed E-state index contributed by atoms with van der Waals surface area (Å²) in [5.41, 5.74) is 1.19. The molecule has 0 aliphatic carbocycles. The van der Waals surface area contributed by atoms with E-state index in [0.29, 0.717) is 17.9 Å². The van der Waals surface area contributed by atoms with E-state index in [1.165, 1.54) is 12.1 Å². The molecule has 7 heteroatoms. The predicted molar refractivity (Wildman–Crippen MR) is 67.7 cm³/mol. The minimum absolute atomic E-state index is 0.00416. The molecule has 0 saturated heterocycles. The summed E-state index contributed by atoms with van der Waals surface area (Å²) < 4.78 is 51.4. The number of alkyl halides is 3. The van der Waals surface area contributed by atoms with E-state index in [1.54, 1.807) is 6.07 Å².